The summed E-state index contributed by atoms with van der Waals surface area (Å²) in [5.41, 5.74) is 2.14. The van der Waals surface area contributed by atoms with Crippen molar-refractivity contribution in [3.05, 3.63) is 35.4 Å². The maximum Gasteiger partial charge on any atom is 0.244 e. The topological polar surface area (TPSA) is 32.3 Å². The van der Waals surface area contributed by atoms with Gasteiger partial charge in [-0.05, 0) is 49.7 Å². The van der Waals surface area contributed by atoms with Gasteiger partial charge in [0.25, 0.3) is 0 Å². The molecule has 1 saturated heterocycles. The van der Waals surface area contributed by atoms with Crippen LogP contribution in [0.15, 0.2) is 24.3 Å². The monoisotopic (exact) mass is 286 g/mol. The largest absolute Gasteiger partial charge is 0.321 e. The molecule has 1 N–H and O–H groups in total. The van der Waals surface area contributed by atoms with Gasteiger partial charge in [-0.25, -0.2) is 0 Å². The van der Waals surface area contributed by atoms with Crippen LogP contribution in [0.4, 0.5) is 0 Å². The van der Waals surface area contributed by atoms with Crippen LogP contribution >= 0.6 is 0 Å². The van der Waals surface area contributed by atoms with Crippen molar-refractivity contribution in [1.29, 1.82) is 0 Å². The summed E-state index contributed by atoms with van der Waals surface area (Å²) in [6.07, 6.45) is 4.46. The molecule has 1 saturated carbocycles. The van der Waals surface area contributed by atoms with E-state index in [1.165, 1.54) is 24.0 Å². The van der Waals surface area contributed by atoms with Crippen LogP contribution in [0.2, 0.25) is 0 Å². The first-order valence-corrected chi connectivity index (χ1v) is 8.25. The van der Waals surface area contributed by atoms with Gasteiger partial charge in [0.15, 0.2) is 0 Å². The second-order valence-electron chi connectivity index (χ2n) is 6.73. The molecule has 0 aromatic heterocycles. The van der Waals surface area contributed by atoms with Gasteiger partial charge < -0.3 is 4.90 Å². The molecule has 2 fully saturated rings. The Morgan fingerprint density at radius 2 is 1.90 bits per heavy atom. The summed E-state index contributed by atoms with van der Waals surface area (Å²) in [6.45, 7) is 7.19. The lowest BCUT2D eigenvalue weighted by atomic mass is 9.99. The van der Waals surface area contributed by atoms with Crippen molar-refractivity contribution in [2.75, 3.05) is 6.54 Å². The lowest BCUT2D eigenvalue weighted by Gasteiger charge is -2.24. The zero-order chi connectivity index (χ0) is 15.0. The summed E-state index contributed by atoms with van der Waals surface area (Å²) in [4.78, 5) is 14.9. The van der Waals surface area contributed by atoms with E-state index in [9.17, 15) is 4.79 Å². The molecular formula is C18H26N2O. The molecule has 2 unspecified atom stereocenters. The van der Waals surface area contributed by atoms with Crippen molar-refractivity contribution >= 4 is 5.91 Å². The van der Waals surface area contributed by atoms with E-state index in [0.717, 1.165) is 19.4 Å². The quantitative estimate of drug-likeness (QED) is 0.901. The van der Waals surface area contributed by atoms with E-state index in [1.54, 1.807) is 0 Å². The summed E-state index contributed by atoms with van der Waals surface area (Å²) in [7, 11) is 0. The second-order valence-corrected chi connectivity index (χ2v) is 6.73. The lowest BCUT2D eigenvalue weighted by molar-refractivity contribution is -0.133. The number of carbonyl (C=O) groups is 1. The normalized spacial score (nSPS) is 29.2. The number of nitrogens with one attached hydrogen (secondary N) is 1. The Balaban J connectivity index is 1.87. The molecule has 1 heterocycles. The molecule has 2 atom stereocenters. The molecule has 1 aliphatic heterocycles. The summed E-state index contributed by atoms with van der Waals surface area (Å²) in [5, 5.41) is 3.58. The van der Waals surface area contributed by atoms with Gasteiger partial charge in [0, 0.05) is 6.54 Å². The maximum absolute atomic E-state index is 12.8. The SMILES string of the molecule is CCc1ccc(C2NC(C)(CC)C(=O)N2CC2CC2)cc1. The average molecular weight is 286 g/mol. The molecule has 1 amide bonds. The molecule has 3 heteroatoms. The molecule has 3 rings (SSSR count). The number of aryl methyl sites for hydroxylation is 1. The third-order valence-electron chi connectivity index (χ3n) is 5.06. The fourth-order valence-electron chi connectivity index (χ4n) is 3.09. The zero-order valence-electron chi connectivity index (χ0n) is 13.4. The highest BCUT2D eigenvalue weighted by molar-refractivity contribution is 5.88. The predicted octanol–water partition coefficient (Wildman–Crippen LogP) is 3.26. The number of rotatable bonds is 5. The number of hydrogen-bond acceptors (Lipinski definition) is 2. The molecule has 1 aromatic rings. The van der Waals surface area contributed by atoms with Crippen LogP contribution < -0.4 is 5.32 Å². The van der Waals surface area contributed by atoms with E-state index in [0.29, 0.717) is 5.92 Å². The smallest absolute Gasteiger partial charge is 0.244 e. The van der Waals surface area contributed by atoms with Crippen LogP contribution in [0.5, 0.6) is 0 Å². The Kier molecular flexibility index (Phi) is 3.78. The Morgan fingerprint density at radius 3 is 2.43 bits per heavy atom. The fourth-order valence-corrected chi connectivity index (χ4v) is 3.09. The number of amides is 1. The summed E-state index contributed by atoms with van der Waals surface area (Å²) < 4.78 is 0. The minimum atomic E-state index is -0.414. The number of hydrogen-bond donors (Lipinski definition) is 1. The Morgan fingerprint density at radius 1 is 1.24 bits per heavy atom. The molecule has 0 spiro atoms. The van der Waals surface area contributed by atoms with Crippen LogP contribution in [0.1, 0.15) is 57.3 Å². The van der Waals surface area contributed by atoms with Crippen molar-refractivity contribution in [1.82, 2.24) is 10.2 Å². The van der Waals surface area contributed by atoms with Gasteiger partial charge in [-0.3, -0.25) is 10.1 Å². The minimum Gasteiger partial charge on any atom is -0.321 e. The van der Waals surface area contributed by atoms with Gasteiger partial charge in [-0.1, -0.05) is 38.1 Å². The van der Waals surface area contributed by atoms with Crippen LogP contribution in [-0.2, 0) is 11.2 Å². The second kappa shape index (κ2) is 5.45. The minimum absolute atomic E-state index is 0.0361. The van der Waals surface area contributed by atoms with Crippen LogP contribution in [0.25, 0.3) is 0 Å². The maximum atomic E-state index is 12.8. The standard InChI is InChI=1S/C18H26N2O/c1-4-13-8-10-15(11-9-13)16-19-18(3,5-2)17(21)20(16)12-14-6-7-14/h8-11,14,16,19H,4-7,12H2,1-3H3. The van der Waals surface area contributed by atoms with Crippen LogP contribution in [-0.4, -0.2) is 22.9 Å². The van der Waals surface area contributed by atoms with Gasteiger partial charge >= 0.3 is 0 Å². The molecule has 1 aliphatic carbocycles. The van der Waals surface area contributed by atoms with Crippen molar-refractivity contribution in [2.24, 2.45) is 5.92 Å². The van der Waals surface area contributed by atoms with E-state index in [1.807, 2.05) is 6.92 Å². The first-order chi connectivity index (χ1) is 10.1. The van der Waals surface area contributed by atoms with E-state index in [2.05, 4.69) is 48.3 Å². The van der Waals surface area contributed by atoms with Gasteiger partial charge in [-0.2, -0.15) is 0 Å². The summed E-state index contributed by atoms with van der Waals surface area (Å²) in [5.74, 6) is 0.980. The van der Waals surface area contributed by atoms with Crippen molar-refractivity contribution < 1.29 is 4.79 Å². The van der Waals surface area contributed by atoms with Gasteiger partial charge in [0.05, 0.1) is 5.54 Å². The summed E-state index contributed by atoms with van der Waals surface area (Å²) >= 11 is 0. The van der Waals surface area contributed by atoms with Gasteiger partial charge in [0.2, 0.25) is 5.91 Å². The zero-order valence-corrected chi connectivity index (χ0v) is 13.4. The molecule has 3 nitrogen and oxygen atoms in total. The molecule has 1 aromatic carbocycles. The molecule has 0 bridgehead atoms. The predicted molar refractivity (Wildman–Crippen MR) is 84.8 cm³/mol. The third-order valence-corrected chi connectivity index (χ3v) is 5.06. The van der Waals surface area contributed by atoms with Gasteiger partial charge in [-0.15, -0.1) is 0 Å². The number of benzene rings is 1. The number of nitrogens with zero attached hydrogens (tertiary/aromatic N) is 1. The Bertz CT molecular complexity index is 521. The molecule has 0 radical (unpaired) electrons. The van der Waals surface area contributed by atoms with Crippen molar-refractivity contribution in [3.8, 4) is 0 Å². The summed E-state index contributed by atoms with van der Waals surface area (Å²) in [6, 6.07) is 8.70. The van der Waals surface area contributed by atoms with E-state index in [4.69, 9.17) is 0 Å². The van der Waals surface area contributed by atoms with Crippen molar-refractivity contribution in [2.45, 2.75) is 58.2 Å². The van der Waals surface area contributed by atoms with Crippen LogP contribution in [0, 0.1) is 5.92 Å². The van der Waals surface area contributed by atoms with E-state index >= 15 is 0 Å². The molecule has 2 aliphatic rings. The number of carbonyl (C=O) groups excluding carboxylic acids is 1. The van der Waals surface area contributed by atoms with Crippen molar-refractivity contribution in [3.63, 3.8) is 0 Å². The average Bonchev–Trinajstić information content (AvgIpc) is 3.30. The van der Waals surface area contributed by atoms with Gasteiger partial charge in [0.1, 0.15) is 6.17 Å². The highest BCUT2D eigenvalue weighted by atomic mass is 16.2. The molecule has 21 heavy (non-hydrogen) atoms. The fraction of sp³-hybridized carbons (Fsp3) is 0.611. The molecular weight excluding hydrogens is 260 g/mol. The first kappa shape index (κ1) is 14.6. The highest BCUT2D eigenvalue weighted by Gasteiger charge is 2.48. The lowest BCUT2D eigenvalue weighted by Crippen LogP contribution is -2.43. The molecule has 114 valence electrons. The first-order valence-electron chi connectivity index (χ1n) is 8.25. The van der Waals surface area contributed by atoms with E-state index < -0.39 is 5.54 Å². The highest BCUT2D eigenvalue weighted by Crippen LogP contribution is 2.38. The Hall–Kier alpha value is -1.35. The van der Waals surface area contributed by atoms with Crippen LogP contribution in [0.3, 0.4) is 0 Å². The van der Waals surface area contributed by atoms with E-state index in [-0.39, 0.29) is 12.1 Å². The third kappa shape index (κ3) is 2.71. The Labute approximate surface area is 127 Å².